The molecule has 1 unspecified atom stereocenters. The zero-order valence-corrected chi connectivity index (χ0v) is 12.2. The fraction of sp³-hybridized carbons (Fsp3) is 0.647. The van der Waals surface area contributed by atoms with Gasteiger partial charge in [0.15, 0.2) is 0 Å². The highest BCUT2D eigenvalue weighted by molar-refractivity contribution is 5.52. The molecule has 2 aliphatic rings. The first-order valence-electron chi connectivity index (χ1n) is 7.81. The number of hydrogen-bond acceptors (Lipinski definition) is 2. The Hall–Kier alpha value is -1.02. The Kier molecular flexibility index (Phi) is 3.79. The minimum atomic E-state index is 0.661. The molecule has 0 amide bonds. The summed E-state index contributed by atoms with van der Waals surface area (Å²) in [4.78, 5) is 2.73. The molecule has 1 fully saturated rings. The van der Waals surface area contributed by atoms with Crippen molar-refractivity contribution < 1.29 is 0 Å². The van der Waals surface area contributed by atoms with E-state index >= 15 is 0 Å². The molecular weight excluding hydrogens is 232 g/mol. The molecular formula is C17H26N2. The molecule has 1 heterocycles. The number of para-hydroxylation sites is 1. The number of nitrogens with one attached hydrogen (secondary N) is 1. The van der Waals surface area contributed by atoms with Crippen LogP contribution in [-0.2, 0) is 6.42 Å². The van der Waals surface area contributed by atoms with Gasteiger partial charge in [-0.05, 0) is 57.1 Å². The molecule has 0 aromatic heterocycles. The van der Waals surface area contributed by atoms with Gasteiger partial charge in [0.25, 0.3) is 0 Å². The van der Waals surface area contributed by atoms with Crippen LogP contribution in [0.2, 0.25) is 0 Å². The first-order chi connectivity index (χ1) is 9.24. The molecule has 1 N–H and O–H groups in total. The predicted octanol–water partition coefficient (Wildman–Crippen LogP) is 3.53. The predicted molar refractivity (Wildman–Crippen MR) is 81.6 cm³/mol. The molecule has 0 saturated heterocycles. The van der Waals surface area contributed by atoms with E-state index in [4.69, 9.17) is 0 Å². The van der Waals surface area contributed by atoms with E-state index in [2.05, 4.69) is 48.3 Å². The monoisotopic (exact) mass is 258 g/mol. The summed E-state index contributed by atoms with van der Waals surface area (Å²) in [7, 11) is 0. The van der Waals surface area contributed by atoms with Crippen LogP contribution >= 0.6 is 0 Å². The number of nitrogens with zero attached hydrogens (tertiary/aromatic N) is 1. The second kappa shape index (κ2) is 5.54. The van der Waals surface area contributed by atoms with Gasteiger partial charge in [0.2, 0.25) is 0 Å². The largest absolute Gasteiger partial charge is 0.383 e. The summed E-state index contributed by atoms with van der Waals surface area (Å²) in [6, 6.07) is 10.1. The van der Waals surface area contributed by atoms with Crippen molar-refractivity contribution >= 4 is 5.69 Å². The lowest BCUT2D eigenvalue weighted by molar-refractivity contribution is 0.146. The molecule has 2 nitrogen and oxygen atoms in total. The Morgan fingerprint density at radius 2 is 2.00 bits per heavy atom. The molecule has 1 aliphatic carbocycles. The number of hydrogen-bond donors (Lipinski definition) is 1. The van der Waals surface area contributed by atoms with Gasteiger partial charge in [-0.3, -0.25) is 4.90 Å². The number of aryl methyl sites for hydroxylation is 1. The lowest BCUT2D eigenvalue weighted by Gasteiger charge is -2.34. The quantitative estimate of drug-likeness (QED) is 0.888. The lowest BCUT2D eigenvalue weighted by Crippen LogP contribution is -2.45. The summed E-state index contributed by atoms with van der Waals surface area (Å²) in [5.41, 5.74) is 2.83. The van der Waals surface area contributed by atoms with E-state index in [-0.39, 0.29) is 0 Å². The van der Waals surface area contributed by atoms with Crippen molar-refractivity contribution in [1.29, 1.82) is 0 Å². The highest BCUT2D eigenvalue weighted by atomic mass is 15.2. The maximum Gasteiger partial charge on any atom is 0.0373 e. The molecule has 0 radical (unpaired) electrons. The van der Waals surface area contributed by atoms with Crippen molar-refractivity contribution in [3.63, 3.8) is 0 Å². The molecule has 1 atom stereocenters. The van der Waals surface area contributed by atoms with Crippen molar-refractivity contribution in [2.24, 2.45) is 5.92 Å². The molecule has 1 saturated carbocycles. The minimum absolute atomic E-state index is 0.661. The summed E-state index contributed by atoms with van der Waals surface area (Å²) in [5, 5.41) is 3.66. The Bertz CT molecular complexity index is 396. The number of benzene rings is 1. The molecule has 104 valence electrons. The number of anilines is 1. The van der Waals surface area contributed by atoms with Gasteiger partial charge in [-0.15, -0.1) is 0 Å². The highest BCUT2D eigenvalue weighted by Crippen LogP contribution is 2.32. The maximum absolute atomic E-state index is 3.66. The number of rotatable bonds is 4. The van der Waals surface area contributed by atoms with E-state index in [0.29, 0.717) is 12.1 Å². The molecule has 2 heteroatoms. The van der Waals surface area contributed by atoms with Crippen molar-refractivity contribution in [3.8, 4) is 0 Å². The van der Waals surface area contributed by atoms with Crippen LogP contribution in [0.25, 0.3) is 0 Å². The molecule has 0 bridgehead atoms. The summed E-state index contributed by atoms with van der Waals surface area (Å²) in [6.07, 6.45) is 5.39. The van der Waals surface area contributed by atoms with Crippen molar-refractivity contribution in [1.82, 2.24) is 4.90 Å². The van der Waals surface area contributed by atoms with Crippen molar-refractivity contribution in [3.05, 3.63) is 29.8 Å². The van der Waals surface area contributed by atoms with Gasteiger partial charge in [-0.25, -0.2) is 0 Å². The topological polar surface area (TPSA) is 15.3 Å². The van der Waals surface area contributed by atoms with Crippen LogP contribution in [-0.4, -0.2) is 30.1 Å². The van der Waals surface area contributed by atoms with E-state index in [1.54, 1.807) is 0 Å². The number of fused-ring (bicyclic) bond motifs is 1. The first kappa shape index (κ1) is 13.0. The van der Waals surface area contributed by atoms with Gasteiger partial charge < -0.3 is 5.32 Å². The SMILES string of the molecule is CC(C)N(CC1CC1)C1CCc2ccccc2NC1. The molecule has 1 aromatic carbocycles. The lowest BCUT2D eigenvalue weighted by atomic mass is 10.0. The Morgan fingerprint density at radius 3 is 2.74 bits per heavy atom. The van der Waals surface area contributed by atoms with E-state index < -0.39 is 0 Å². The standard InChI is InChI=1S/C17H26N2/c1-13(2)19(12-14-7-8-14)16-10-9-15-5-3-4-6-17(15)18-11-16/h3-6,13-14,16,18H,7-12H2,1-2H3. The Morgan fingerprint density at radius 1 is 1.21 bits per heavy atom. The van der Waals surface area contributed by atoms with E-state index in [0.717, 1.165) is 12.5 Å². The fourth-order valence-corrected chi connectivity index (χ4v) is 3.23. The third kappa shape index (κ3) is 3.11. The molecule has 1 aromatic rings. The zero-order chi connectivity index (χ0) is 13.2. The molecule has 1 aliphatic heterocycles. The first-order valence-corrected chi connectivity index (χ1v) is 7.81. The fourth-order valence-electron chi connectivity index (χ4n) is 3.23. The summed E-state index contributed by atoms with van der Waals surface area (Å²) < 4.78 is 0. The third-order valence-electron chi connectivity index (χ3n) is 4.59. The van der Waals surface area contributed by atoms with E-state index in [1.807, 2.05) is 0 Å². The second-order valence-corrected chi connectivity index (χ2v) is 6.46. The maximum atomic E-state index is 3.66. The van der Waals surface area contributed by atoms with Crippen LogP contribution < -0.4 is 5.32 Å². The van der Waals surface area contributed by atoms with Gasteiger partial charge in [0.05, 0.1) is 0 Å². The van der Waals surface area contributed by atoms with Crippen molar-refractivity contribution in [2.45, 2.75) is 51.6 Å². The van der Waals surface area contributed by atoms with E-state index in [1.165, 1.54) is 43.5 Å². The molecule has 19 heavy (non-hydrogen) atoms. The average molecular weight is 258 g/mol. The van der Waals surface area contributed by atoms with Crippen LogP contribution in [0.5, 0.6) is 0 Å². The molecule has 3 rings (SSSR count). The minimum Gasteiger partial charge on any atom is -0.383 e. The average Bonchev–Trinajstić information content (AvgIpc) is 3.22. The van der Waals surface area contributed by atoms with Gasteiger partial charge >= 0.3 is 0 Å². The summed E-state index contributed by atoms with van der Waals surface area (Å²) >= 11 is 0. The third-order valence-corrected chi connectivity index (χ3v) is 4.59. The van der Waals surface area contributed by atoms with E-state index in [9.17, 15) is 0 Å². The second-order valence-electron chi connectivity index (χ2n) is 6.46. The van der Waals surface area contributed by atoms with Crippen LogP contribution in [0, 0.1) is 5.92 Å². The highest BCUT2D eigenvalue weighted by Gasteiger charge is 2.30. The summed E-state index contributed by atoms with van der Waals surface area (Å²) in [6.45, 7) is 7.10. The van der Waals surface area contributed by atoms with Gasteiger partial charge in [0, 0.05) is 30.9 Å². The smallest absolute Gasteiger partial charge is 0.0373 e. The van der Waals surface area contributed by atoms with Crippen LogP contribution in [0.4, 0.5) is 5.69 Å². The van der Waals surface area contributed by atoms with Gasteiger partial charge in [0.1, 0.15) is 0 Å². The van der Waals surface area contributed by atoms with Crippen molar-refractivity contribution in [2.75, 3.05) is 18.4 Å². The normalized spacial score (nSPS) is 23.1. The Labute approximate surface area is 117 Å². The summed E-state index contributed by atoms with van der Waals surface area (Å²) in [5.74, 6) is 0.980. The van der Waals surface area contributed by atoms with Crippen LogP contribution in [0.3, 0.4) is 0 Å². The van der Waals surface area contributed by atoms with Gasteiger partial charge in [-0.1, -0.05) is 18.2 Å². The van der Waals surface area contributed by atoms with Gasteiger partial charge in [-0.2, -0.15) is 0 Å². The Balaban J connectivity index is 1.68. The molecule has 0 spiro atoms. The van der Waals surface area contributed by atoms with Crippen LogP contribution in [0.1, 0.15) is 38.7 Å². The zero-order valence-electron chi connectivity index (χ0n) is 12.2. The van der Waals surface area contributed by atoms with Crippen LogP contribution in [0.15, 0.2) is 24.3 Å².